The van der Waals surface area contributed by atoms with Crippen molar-refractivity contribution < 1.29 is 17.9 Å². The van der Waals surface area contributed by atoms with Crippen LogP contribution in [0.15, 0.2) is 36.4 Å². The summed E-state index contributed by atoms with van der Waals surface area (Å²) in [4.78, 5) is 21.7. The Morgan fingerprint density at radius 1 is 1.16 bits per heavy atom. The van der Waals surface area contributed by atoms with E-state index in [-0.39, 0.29) is 18.0 Å². The van der Waals surface area contributed by atoms with E-state index in [4.69, 9.17) is 9.72 Å². The van der Waals surface area contributed by atoms with Crippen molar-refractivity contribution in [1.82, 2.24) is 4.98 Å². The minimum absolute atomic E-state index is 0.0450. The average Bonchev–Trinajstić information content (AvgIpc) is 2.78. The molecule has 1 amide bonds. The van der Waals surface area contributed by atoms with E-state index >= 15 is 0 Å². The van der Waals surface area contributed by atoms with E-state index < -0.39 is 15.3 Å². The van der Waals surface area contributed by atoms with Crippen molar-refractivity contribution in [3.63, 3.8) is 0 Å². The monoisotopic (exact) mass is 458 g/mol. The van der Waals surface area contributed by atoms with Crippen LogP contribution >= 0.6 is 0 Å². The standard InChI is InChI=1S/C23H30N4O4S/c1-15(2)32(29,30)25-18-7-5-6-17(14-18)20-8-9-21-22(24-20)27(16(3)23(28)26(21)4)19-10-12-31-13-11-19/h5-9,14-16,19,25H,10-13H2,1-4H3/t16-/m1/s1. The Balaban J connectivity index is 1.73. The highest BCUT2D eigenvalue weighted by Crippen LogP contribution is 2.38. The number of carbonyl (C=O) groups is 1. The second kappa shape index (κ2) is 8.71. The van der Waals surface area contributed by atoms with Crippen molar-refractivity contribution in [3.05, 3.63) is 36.4 Å². The fraction of sp³-hybridized carbons (Fsp3) is 0.478. The van der Waals surface area contributed by atoms with Crippen LogP contribution in [0.2, 0.25) is 0 Å². The third kappa shape index (κ3) is 4.19. The number of aromatic nitrogens is 1. The number of anilines is 3. The molecule has 2 aromatic rings. The summed E-state index contributed by atoms with van der Waals surface area (Å²) in [5, 5.41) is -0.532. The number of carbonyl (C=O) groups excluding carboxylic acids is 1. The first-order chi connectivity index (χ1) is 15.2. The predicted molar refractivity (Wildman–Crippen MR) is 127 cm³/mol. The highest BCUT2D eigenvalue weighted by atomic mass is 32.2. The van der Waals surface area contributed by atoms with Crippen LogP contribution in [0.25, 0.3) is 11.3 Å². The van der Waals surface area contributed by atoms with Crippen molar-refractivity contribution in [2.24, 2.45) is 0 Å². The Morgan fingerprint density at radius 2 is 1.88 bits per heavy atom. The molecular weight excluding hydrogens is 428 g/mol. The number of pyridine rings is 1. The summed E-state index contributed by atoms with van der Waals surface area (Å²) in [5.74, 6) is 0.820. The predicted octanol–water partition coefficient (Wildman–Crippen LogP) is 3.25. The van der Waals surface area contributed by atoms with E-state index in [0.29, 0.717) is 18.9 Å². The molecule has 4 rings (SSSR count). The molecule has 2 aliphatic rings. The fourth-order valence-corrected chi connectivity index (χ4v) is 4.92. The van der Waals surface area contributed by atoms with Gasteiger partial charge in [-0.3, -0.25) is 9.52 Å². The third-order valence-corrected chi connectivity index (χ3v) is 7.95. The maximum absolute atomic E-state index is 12.9. The smallest absolute Gasteiger partial charge is 0.249 e. The summed E-state index contributed by atoms with van der Waals surface area (Å²) in [6.07, 6.45) is 1.69. The molecule has 1 saturated heterocycles. The molecular formula is C23H30N4O4S. The number of amides is 1. The minimum Gasteiger partial charge on any atom is -0.381 e. The Morgan fingerprint density at radius 3 is 2.56 bits per heavy atom. The maximum atomic E-state index is 12.9. The van der Waals surface area contributed by atoms with Gasteiger partial charge in [0.15, 0.2) is 5.82 Å². The van der Waals surface area contributed by atoms with Gasteiger partial charge in [-0.25, -0.2) is 13.4 Å². The molecule has 1 N–H and O–H groups in total. The maximum Gasteiger partial charge on any atom is 0.249 e. The second-order valence-corrected chi connectivity index (χ2v) is 10.9. The van der Waals surface area contributed by atoms with Gasteiger partial charge in [0.2, 0.25) is 15.9 Å². The number of nitrogens with zero attached hydrogens (tertiary/aromatic N) is 3. The number of ether oxygens (including phenoxy) is 1. The number of benzene rings is 1. The van der Waals surface area contributed by atoms with Crippen molar-refractivity contribution in [1.29, 1.82) is 0 Å². The van der Waals surface area contributed by atoms with Gasteiger partial charge in [0.25, 0.3) is 0 Å². The summed E-state index contributed by atoms with van der Waals surface area (Å²) in [5.41, 5.74) is 2.80. The molecule has 1 aromatic carbocycles. The van der Waals surface area contributed by atoms with Crippen molar-refractivity contribution in [2.45, 2.75) is 50.9 Å². The summed E-state index contributed by atoms with van der Waals surface area (Å²) in [7, 11) is -1.66. The molecule has 0 spiro atoms. The van der Waals surface area contributed by atoms with Gasteiger partial charge in [-0.1, -0.05) is 12.1 Å². The van der Waals surface area contributed by atoms with E-state index in [1.54, 1.807) is 37.9 Å². The van der Waals surface area contributed by atoms with Gasteiger partial charge in [-0.15, -0.1) is 0 Å². The first-order valence-corrected chi connectivity index (χ1v) is 12.5. The lowest BCUT2D eigenvalue weighted by Gasteiger charge is -2.44. The van der Waals surface area contributed by atoms with Crippen molar-refractivity contribution in [2.75, 3.05) is 34.8 Å². The minimum atomic E-state index is -3.44. The number of rotatable bonds is 5. The number of nitrogens with one attached hydrogen (secondary N) is 1. The van der Waals surface area contributed by atoms with E-state index in [2.05, 4.69) is 9.62 Å². The summed E-state index contributed by atoms with van der Waals surface area (Å²) in [6.45, 7) is 6.55. The number of hydrogen-bond acceptors (Lipinski definition) is 6. The highest BCUT2D eigenvalue weighted by Gasteiger charge is 2.39. The Kier molecular flexibility index (Phi) is 6.13. The summed E-state index contributed by atoms with van der Waals surface area (Å²) < 4.78 is 32.7. The van der Waals surface area contributed by atoms with Gasteiger partial charge in [0, 0.05) is 37.6 Å². The van der Waals surface area contributed by atoms with Gasteiger partial charge in [-0.2, -0.15) is 0 Å². The van der Waals surface area contributed by atoms with Crippen LogP contribution in [0.3, 0.4) is 0 Å². The average molecular weight is 459 g/mol. The molecule has 0 bridgehead atoms. The summed E-state index contributed by atoms with van der Waals surface area (Å²) in [6, 6.07) is 10.9. The first kappa shape index (κ1) is 22.5. The lowest BCUT2D eigenvalue weighted by molar-refractivity contribution is -0.119. The lowest BCUT2D eigenvalue weighted by atomic mass is 10.0. The van der Waals surface area contributed by atoms with E-state index in [0.717, 1.165) is 35.6 Å². The molecule has 8 nitrogen and oxygen atoms in total. The van der Waals surface area contributed by atoms with E-state index in [1.807, 2.05) is 31.2 Å². The van der Waals surface area contributed by atoms with Crippen LogP contribution in [0.5, 0.6) is 0 Å². The van der Waals surface area contributed by atoms with Crippen LogP contribution in [-0.2, 0) is 19.6 Å². The van der Waals surface area contributed by atoms with Gasteiger partial charge in [-0.05, 0) is 57.9 Å². The highest BCUT2D eigenvalue weighted by molar-refractivity contribution is 7.93. The van der Waals surface area contributed by atoms with Crippen molar-refractivity contribution in [3.8, 4) is 11.3 Å². The molecule has 9 heteroatoms. The quantitative estimate of drug-likeness (QED) is 0.740. The topological polar surface area (TPSA) is 91.8 Å². The number of likely N-dealkylation sites (N-methyl/N-ethyl adjacent to an activating group) is 1. The zero-order chi connectivity index (χ0) is 23.0. The van der Waals surface area contributed by atoms with Crippen molar-refractivity contribution >= 4 is 33.1 Å². The SMILES string of the molecule is CC(C)S(=O)(=O)Nc1cccc(-c2ccc3c(n2)N(C2CCOCC2)[C@H](C)C(=O)N3C)c1. The molecule has 3 heterocycles. The number of sulfonamides is 1. The van der Waals surface area contributed by atoms with Crippen LogP contribution < -0.4 is 14.5 Å². The Labute approximate surface area is 189 Å². The Hall–Kier alpha value is -2.65. The lowest BCUT2D eigenvalue weighted by Crippen LogP contribution is -2.56. The van der Waals surface area contributed by atoms with Gasteiger partial charge < -0.3 is 14.5 Å². The molecule has 0 saturated carbocycles. The van der Waals surface area contributed by atoms with Crippen LogP contribution in [0.1, 0.15) is 33.6 Å². The summed E-state index contributed by atoms with van der Waals surface area (Å²) >= 11 is 0. The molecule has 32 heavy (non-hydrogen) atoms. The number of fused-ring (bicyclic) bond motifs is 1. The molecule has 2 aliphatic heterocycles. The normalized spacial score (nSPS) is 19.9. The Bertz CT molecular complexity index is 1110. The fourth-order valence-electron chi connectivity index (χ4n) is 4.23. The van der Waals surface area contributed by atoms with E-state index in [9.17, 15) is 13.2 Å². The number of hydrogen-bond donors (Lipinski definition) is 1. The third-order valence-electron chi connectivity index (χ3n) is 6.19. The van der Waals surface area contributed by atoms with Gasteiger partial charge in [0.05, 0.1) is 16.6 Å². The van der Waals surface area contributed by atoms with Gasteiger partial charge >= 0.3 is 0 Å². The zero-order valence-corrected chi connectivity index (χ0v) is 19.7. The molecule has 1 aromatic heterocycles. The second-order valence-electron chi connectivity index (χ2n) is 8.64. The molecule has 0 aliphatic carbocycles. The molecule has 172 valence electrons. The largest absolute Gasteiger partial charge is 0.381 e. The van der Waals surface area contributed by atoms with E-state index in [1.165, 1.54) is 0 Å². The first-order valence-electron chi connectivity index (χ1n) is 11.0. The molecule has 1 atom stereocenters. The molecule has 0 radical (unpaired) electrons. The zero-order valence-electron chi connectivity index (χ0n) is 18.9. The van der Waals surface area contributed by atoms with Crippen LogP contribution in [0.4, 0.5) is 17.2 Å². The molecule has 0 unspecified atom stereocenters. The molecule has 1 fully saturated rings. The van der Waals surface area contributed by atoms with Crippen LogP contribution in [0, 0.1) is 0 Å². The van der Waals surface area contributed by atoms with Crippen LogP contribution in [-0.4, -0.2) is 56.9 Å². The van der Waals surface area contributed by atoms with Gasteiger partial charge in [0.1, 0.15) is 6.04 Å².